The zero-order valence-electron chi connectivity index (χ0n) is 19.2. The minimum absolute atomic E-state index is 0.290. The fourth-order valence-corrected chi connectivity index (χ4v) is 6.95. The molecule has 32 heavy (non-hydrogen) atoms. The van der Waals surface area contributed by atoms with E-state index in [-0.39, 0.29) is 0 Å². The van der Waals surface area contributed by atoms with Crippen molar-refractivity contribution in [2.75, 3.05) is 4.90 Å². The summed E-state index contributed by atoms with van der Waals surface area (Å²) in [5.41, 5.74) is 8.16. The summed E-state index contributed by atoms with van der Waals surface area (Å²) >= 11 is 3.62. The average Bonchev–Trinajstić information content (AvgIpc) is 3.14. The minimum atomic E-state index is -0.668. The van der Waals surface area contributed by atoms with Crippen LogP contribution in [-0.2, 0) is 4.79 Å². The molecular formula is C26H30BrN3O2. The van der Waals surface area contributed by atoms with Crippen LogP contribution >= 0.6 is 15.9 Å². The topological polar surface area (TPSA) is 58.4 Å². The number of fused-ring (bicyclic) bond motifs is 3. The van der Waals surface area contributed by atoms with Gasteiger partial charge >= 0.3 is 5.97 Å². The summed E-state index contributed by atoms with van der Waals surface area (Å²) in [6.07, 6.45) is 6.75. The number of hydrogen-bond donors (Lipinski definition) is 1. The van der Waals surface area contributed by atoms with E-state index in [9.17, 15) is 9.90 Å². The van der Waals surface area contributed by atoms with E-state index in [0.717, 1.165) is 41.5 Å². The van der Waals surface area contributed by atoms with Crippen LogP contribution in [-0.4, -0.2) is 32.7 Å². The van der Waals surface area contributed by atoms with E-state index in [0.29, 0.717) is 24.4 Å². The van der Waals surface area contributed by atoms with Gasteiger partial charge in [-0.2, -0.15) is 0 Å². The van der Waals surface area contributed by atoms with Gasteiger partial charge in [0.05, 0.1) is 11.4 Å². The van der Waals surface area contributed by atoms with E-state index in [1.807, 2.05) is 0 Å². The number of pyridine rings is 1. The first-order chi connectivity index (χ1) is 15.2. The number of benzene rings is 1. The van der Waals surface area contributed by atoms with Crippen LogP contribution in [0.1, 0.15) is 54.5 Å². The highest BCUT2D eigenvalue weighted by Gasteiger charge is 2.42. The lowest BCUT2D eigenvalue weighted by atomic mass is 9.87. The Morgan fingerprint density at radius 1 is 1.06 bits per heavy atom. The van der Waals surface area contributed by atoms with E-state index in [4.69, 9.17) is 4.98 Å². The molecule has 5 rings (SSSR count). The molecule has 2 aliphatic rings. The van der Waals surface area contributed by atoms with Crippen LogP contribution in [0.2, 0.25) is 0 Å². The van der Waals surface area contributed by atoms with E-state index in [1.165, 1.54) is 33.5 Å². The zero-order valence-corrected chi connectivity index (χ0v) is 20.7. The second-order valence-electron chi connectivity index (χ2n) is 9.78. The molecule has 3 aromatic rings. The molecule has 2 atom stereocenters. The number of anilines is 1. The third-order valence-corrected chi connectivity index (χ3v) is 7.78. The third-order valence-electron chi connectivity index (χ3n) is 7.32. The van der Waals surface area contributed by atoms with E-state index >= 15 is 0 Å². The van der Waals surface area contributed by atoms with Gasteiger partial charge in [-0.15, -0.1) is 0 Å². The number of nitrogens with zero attached hydrogens (tertiary/aromatic N) is 3. The third kappa shape index (κ3) is 3.53. The van der Waals surface area contributed by atoms with Gasteiger partial charge in [0.25, 0.3) is 0 Å². The zero-order chi connectivity index (χ0) is 22.7. The van der Waals surface area contributed by atoms with Crippen LogP contribution in [0.15, 0.2) is 28.9 Å². The summed E-state index contributed by atoms with van der Waals surface area (Å²) in [6.45, 7) is 8.56. The lowest BCUT2D eigenvalue weighted by Gasteiger charge is -2.41. The molecule has 0 amide bonds. The van der Waals surface area contributed by atoms with Gasteiger partial charge in [-0.25, -0.2) is 4.98 Å². The summed E-state index contributed by atoms with van der Waals surface area (Å²) in [6, 6.07) is 7.40. The molecule has 2 aliphatic heterocycles. The van der Waals surface area contributed by atoms with Crippen molar-refractivity contribution in [2.45, 2.75) is 71.9 Å². The van der Waals surface area contributed by atoms with Crippen molar-refractivity contribution in [2.24, 2.45) is 5.92 Å². The maximum atomic E-state index is 11.3. The Labute approximate surface area is 197 Å². The molecule has 0 aliphatic carbocycles. The molecule has 2 aromatic heterocycles. The van der Waals surface area contributed by atoms with Gasteiger partial charge in [0.1, 0.15) is 5.65 Å². The van der Waals surface area contributed by atoms with Crippen molar-refractivity contribution >= 4 is 38.6 Å². The minimum Gasteiger partial charge on any atom is -0.481 e. The highest BCUT2D eigenvalue weighted by Crippen LogP contribution is 2.46. The van der Waals surface area contributed by atoms with Crippen LogP contribution in [0.4, 0.5) is 5.69 Å². The van der Waals surface area contributed by atoms with Crippen molar-refractivity contribution in [3.05, 3.63) is 51.3 Å². The van der Waals surface area contributed by atoms with Crippen molar-refractivity contribution in [1.29, 1.82) is 0 Å². The summed E-state index contributed by atoms with van der Waals surface area (Å²) in [7, 11) is 0. The van der Waals surface area contributed by atoms with E-state index in [1.54, 1.807) is 0 Å². The second kappa shape index (κ2) is 7.91. The molecule has 0 spiro atoms. The lowest BCUT2D eigenvalue weighted by molar-refractivity contribution is -0.138. The van der Waals surface area contributed by atoms with Gasteiger partial charge in [0, 0.05) is 40.3 Å². The standard InChI is InChI=1S/C26H30BrN3O2/c1-14-7-19(27)8-15(2)25(14)29-13-16(3)24-22(9-17(4)28-26(24)29)30-20-5-6-21(30)11-18(10-20)12-23(31)32/h7-9,13,18,20-21H,5-6,10-12H2,1-4H3,(H,31,32). The quantitative estimate of drug-likeness (QED) is 0.464. The number of rotatable bonds is 4. The van der Waals surface area contributed by atoms with Gasteiger partial charge in [-0.1, -0.05) is 15.9 Å². The first-order valence-corrected chi connectivity index (χ1v) is 12.3. The SMILES string of the molecule is Cc1cc(N2C3CCC2CC(CC(=O)O)C3)c2c(C)cn(-c3c(C)cc(Br)cc3C)c2n1. The van der Waals surface area contributed by atoms with Crippen LogP contribution in [0, 0.1) is 33.6 Å². The van der Waals surface area contributed by atoms with Crippen LogP contribution in [0.25, 0.3) is 16.7 Å². The summed E-state index contributed by atoms with van der Waals surface area (Å²) < 4.78 is 3.35. The number of aromatic nitrogens is 2. The highest BCUT2D eigenvalue weighted by atomic mass is 79.9. The predicted molar refractivity (Wildman–Crippen MR) is 132 cm³/mol. The van der Waals surface area contributed by atoms with Crippen LogP contribution < -0.4 is 4.90 Å². The van der Waals surface area contributed by atoms with Crippen molar-refractivity contribution < 1.29 is 9.90 Å². The predicted octanol–water partition coefficient (Wildman–Crippen LogP) is 6.24. The number of hydrogen-bond acceptors (Lipinski definition) is 3. The fraction of sp³-hybridized carbons (Fsp3) is 0.462. The van der Waals surface area contributed by atoms with Crippen molar-refractivity contribution in [1.82, 2.24) is 9.55 Å². The smallest absolute Gasteiger partial charge is 0.303 e. The Kier molecular flexibility index (Phi) is 5.31. The summed E-state index contributed by atoms with van der Waals surface area (Å²) in [5.74, 6) is -0.378. The number of halogens is 1. The van der Waals surface area contributed by atoms with Gasteiger partial charge in [0.2, 0.25) is 0 Å². The molecule has 0 radical (unpaired) electrons. The number of carboxylic acid groups (broad SMARTS) is 1. The summed E-state index contributed by atoms with van der Waals surface area (Å²) in [4.78, 5) is 18.9. The number of piperidine rings is 1. The van der Waals surface area contributed by atoms with E-state index < -0.39 is 5.97 Å². The first-order valence-electron chi connectivity index (χ1n) is 11.5. The molecule has 5 nitrogen and oxygen atoms in total. The number of aliphatic carboxylic acids is 1. The molecule has 1 N–H and O–H groups in total. The molecule has 1 aromatic carbocycles. The molecule has 4 heterocycles. The largest absolute Gasteiger partial charge is 0.481 e. The van der Waals surface area contributed by atoms with Crippen LogP contribution in [0.3, 0.4) is 0 Å². The molecule has 2 fully saturated rings. The molecule has 2 saturated heterocycles. The van der Waals surface area contributed by atoms with E-state index in [2.05, 4.69) is 77.5 Å². The fourth-order valence-electron chi connectivity index (χ4n) is 6.27. The molecular weight excluding hydrogens is 466 g/mol. The van der Waals surface area contributed by atoms with Crippen molar-refractivity contribution in [3.63, 3.8) is 0 Å². The Morgan fingerprint density at radius 3 is 2.28 bits per heavy atom. The van der Waals surface area contributed by atoms with Crippen molar-refractivity contribution in [3.8, 4) is 5.69 Å². The Bertz CT molecular complexity index is 1190. The Balaban J connectivity index is 1.64. The number of aryl methyl sites for hydroxylation is 4. The second-order valence-corrected chi connectivity index (χ2v) is 10.7. The molecule has 168 valence electrons. The normalized spacial score (nSPS) is 22.7. The number of carboxylic acids is 1. The Morgan fingerprint density at radius 2 is 1.69 bits per heavy atom. The average molecular weight is 496 g/mol. The molecule has 2 unspecified atom stereocenters. The lowest BCUT2D eigenvalue weighted by Crippen LogP contribution is -2.43. The molecule has 6 heteroatoms. The van der Waals surface area contributed by atoms with Gasteiger partial charge in [0.15, 0.2) is 0 Å². The highest BCUT2D eigenvalue weighted by molar-refractivity contribution is 9.10. The Hall–Kier alpha value is -2.34. The first kappa shape index (κ1) is 21.5. The number of carbonyl (C=O) groups is 1. The maximum Gasteiger partial charge on any atom is 0.303 e. The molecule has 0 saturated carbocycles. The van der Waals surface area contributed by atoms with Gasteiger partial charge < -0.3 is 14.6 Å². The van der Waals surface area contributed by atoms with Gasteiger partial charge in [-0.3, -0.25) is 4.79 Å². The monoisotopic (exact) mass is 495 g/mol. The molecule has 2 bridgehead atoms. The van der Waals surface area contributed by atoms with Gasteiger partial charge in [-0.05, 0) is 94.2 Å². The maximum absolute atomic E-state index is 11.3. The summed E-state index contributed by atoms with van der Waals surface area (Å²) in [5, 5.41) is 10.5. The van der Waals surface area contributed by atoms with Crippen LogP contribution in [0.5, 0.6) is 0 Å².